The van der Waals surface area contributed by atoms with Gasteiger partial charge in [0.05, 0.1) is 11.2 Å². The van der Waals surface area contributed by atoms with Crippen LogP contribution in [0.3, 0.4) is 0 Å². The molecule has 168 valence electrons. The van der Waals surface area contributed by atoms with Gasteiger partial charge >= 0.3 is 0 Å². The van der Waals surface area contributed by atoms with E-state index in [4.69, 9.17) is 9.97 Å². The summed E-state index contributed by atoms with van der Waals surface area (Å²) >= 11 is 0. The van der Waals surface area contributed by atoms with E-state index in [1.165, 1.54) is 65.7 Å². The fraction of sp³-hybridized carbons (Fsp3) is 0.0588. The summed E-state index contributed by atoms with van der Waals surface area (Å²) in [5.41, 5.74) is 10.9. The summed E-state index contributed by atoms with van der Waals surface area (Å²) in [7, 11) is 0. The number of nitrogens with zero attached hydrogens (tertiary/aromatic N) is 2. The number of aromatic nitrogens is 2. The van der Waals surface area contributed by atoms with Crippen molar-refractivity contribution in [1.82, 2.24) is 9.97 Å². The summed E-state index contributed by atoms with van der Waals surface area (Å²) < 4.78 is 0. The topological polar surface area (TPSA) is 25.8 Å². The maximum Gasteiger partial charge on any atom is 0.0787 e. The first-order valence-corrected chi connectivity index (χ1v) is 12.4. The number of benzene rings is 5. The van der Waals surface area contributed by atoms with Gasteiger partial charge in [-0.15, -0.1) is 0 Å². The fourth-order valence-corrected chi connectivity index (χ4v) is 6.18. The Morgan fingerprint density at radius 3 is 2.36 bits per heavy atom. The third kappa shape index (κ3) is 2.56. The van der Waals surface area contributed by atoms with Crippen LogP contribution in [0.25, 0.3) is 76.7 Å². The molecular weight excluding hydrogens is 436 g/mol. The summed E-state index contributed by atoms with van der Waals surface area (Å²) in [6, 6.07) is 31.0. The van der Waals surface area contributed by atoms with E-state index in [9.17, 15) is 0 Å². The number of fused-ring (bicyclic) bond motifs is 8. The molecule has 7 aromatic rings. The molecule has 0 radical (unpaired) electrons. The predicted molar refractivity (Wildman–Crippen MR) is 151 cm³/mol. The molecule has 5 aromatic carbocycles. The van der Waals surface area contributed by atoms with Crippen LogP contribution in [0, 0.1) is 13.8 Å². The molecule has 2 heteroatoms. The van der Waals surface area contributed by atoms with E-state index in [0.717, 1.165) is 22.2 Å². The van der Waals surface area contributed by atoms with E-state index in [1.807, 2.05) is 24.5 Å². The van der Waals surface area contributed by atoms with Crippen molar-refractivity contribution in [2.45, 2.75) is 13.8 Å². The largest absolute Gasteiger partial charge is 0.256 e. The van der Waals surface area contributed by atoms with Crippen LogP contribution in [0.5, 0.6) is 0 Å². The minimum atomic E-state index is 1.02. The van der Waals surface area contributed by atoms with Gasteiger partial charge in [0.25, 0.3) is 0 Å². The average molecular weight is 459 g/mol. The molecule has 36 heavy (non-hydrogen) atoms. The van der Waals surface area contributed by atoms with E-state index >= 15 is 0 Å². The Hall–Kier alpha value is -4.56. The smallest absolute Gasteiger partial charge is 0.0787 e. The average Bonchev–Trinajstić information content (AvgIpc) is 3.25. The molecule has 0 saturated carbocycles. The summed E-state index contributed by atoms with van der Waals surface area (Å²) in [6.07, 6.45) is 3.93. The third-order valence-electron chi connectivity index (χ3n) is 7.83. The van der Waals surface area contributed by atoms with Gasteiger partial charge in [-0.1, -0.05) is 60.2 Å². The molecule has 1 aliphatic carbocycles. The van der Waals surface area contributed by atoms with Gasteiger partial charge in [-0.05, 0) is 93.2 Å². The van der Waals surface area contributed by atoms with E-state index in [1.54, 1.807) is 0 Å². The predicted octanol–water partition coefficient (Wildman–Crippen LogP) is 9.02. The Balaban J connectivity index is 1.56. The molecule has 0 amide bonds. The van der Waals surface area contributed by atoms with Crippen molar-refractivity contribution in [2.75, 3.05) is 0 Å². The molecule has 0 bridgehead atoms. The highest BCUT2D eigenvalue weighted by atomic mass is 14.7. The molecule has 0 fully saturated rings. The second-order valence-electron chi connectivity index (χ2n) is 9.99. The van der Waals surface area contributed by atoms with Gasteiger partial charge in [-0.25, -0.2) is 0 Å². The van der Waals surface area contributed by atoms with Gasteiger partial charge in [0, 0.05) is 34.5 Å². The SMILES string of the molecule is Cc1ccc2c(c1)c(-c1cnc3ccccc3c1)cc1c3ccc(C)c4c3c(cc21)-c1ncccc1-4. The highest BCUT2D eigenvalue weighted by molar-refractivity contribution is 6.28. The van der Waals surface area contributed by atoms with Crippen molar-refractivity contribution >= 4 is 43.2 Å². The van der Waals surface area contributed by atoms with Crippen LogP contribution < -0.4 is 0 Å². The van der Waals surface area contributed by atoms with Crippen LogP contribution in [0.4, 0.5) is 0 Å². The van der Waals surface area contributed by atoms with Gasteiger partial charge in [0.2, 0.25) is 0 Å². The number of hydrogen-bond donors (Lipinski definition) is 0. The summed E-state index contributed by atoms with van der Waals surface area (Å²) in [4.78, 5) is 9.62. The highest BCUT2D eigenvalue weighted by Gasteiger charge is 2.26. The van der Waals surface area contributed by atoms with Gasteiger partial charge in [0.15, 0.2) is 0 Å². The lowest BCUT2D eigenvalue weighted by molar-refractivity contribution is 1.34. The van der Waals surface area contributed by atoms with E-state index < -0.39 is 0 Å². The summed E-state index contributed by atoms with van der Waals surface area (Å²) in [6.45, 7) is 4.38. The minimum absolute atomic E-state index is 1.02. The van der Waals surface area contributed by atoms with Crippen LogP contribution in [-0.2, 0) is 0 Å². The Labute approximate surface area is 208 Å². The first-order valence-electron chi connectivity index (χ1n) is 12.4. The van der Waals surface area contributed by atoms with E-state index in [2.05, 4.69) is 86.6 Å². The minimum Gasteiger partial charge on any atom is -0.256 e. The first-order chi connectivity index (χ1) is 17.7. The van der Waals surface area contributed by atoms with E-state index in [-0.39, 0.29) is 0 Å². The van der Waals surface area contributed by atoms with Gasteiger partial charge < -0.3 is 0 Å². The lowest BCUT2D eigenvalue weighted by Gasteiger charge is -2.15. The number of para-hydroxylation sites is 1. The summed E-state index contributed by atoms with van der Waals surface area (Å²) in [5, 5.41) is 8.86. The molecule has 2 heterocycles. The zero-order valence-electron chi connectivity index (χ0n) is 20.1. The molecule has 2 aromatic heterocycles. The fourth-order valence-electron chi connectivity index (χ4n) is 6.18. The van der Waals surface area contributed by atoms with E-state index in [0.29, 0.717) is 0 Å². The molecule has 0 N–H and O–H groups in total. The molecule has 0 aliphatic heterocycles. The Morgan fingerprint density at radius 1 is 0.583 bits per heavy atom. The van der Waals surface area contributed by atoms with Crippen LogP contribution in [0.15, 0.2) is 97.3 Å². The van der Waals surface area contributed by atoms with Crippen molar-refractivity contribution < 1.29 is 0 Å². The van der Waals surface area contributed by atoms with Crippen molar-refractivity contribution in [3.63, 3.8) is 0 Å². The van der Waals surface area contributed by atoms with Crippen LogP contribution in [-0.4, -0.2) is 9.97 Å². The molecule has 0 atom stereocenters. The molecule has 0 saturated heterocycles. The van der Waals surface area contributed by atoms with Crippen LogP contribution >= 0.6 is 0 Å². The van der Waals surface area contributed by atoms with Crippen molar-refractivity contribution in [1.29, 1.82) is 0 Å². The number of pyridine rings is 2. The van der Waals surface area contributed by atoms with Crippen LogP contribution in [0.2, 0.25) is 0 Å². The molecule has 0 unspecified atom stereocenters. The first kappa shape index (κ1) is 19.7. The Kier molecular flexibility index (Phi) is 3.83. The maximum absolute atomic E-state index is 4.83. The molecule has 0 spiro atoms. The third-order valence-corrected chi connectivity index (χ3v) is 7.83. The quantitative estimate of drug-likeness (QED) is 0.229. The van der Waals surface area contributed by atoms with Crippen LogP contribution in [0.1, 0.15) is 11.1 Å². The Morgan fingerprint density at radius 2 is 1.42 bits per heavy atom. The van der Waals surface area contributed by atoms with Gasteiger partial charge in [0.1, 0.15) is 0 Å². The number of aryl methyl sites for hydroxylation is 2. The number of hydrogen-bond acceptors (Lipinski definition) is 2. The second-order valence-corrected chi connectivity index (χ2v) is 9.99. The lowest BCUT2D eigenvalue weighted by atomic mass is 9.88. The lowest BCUT2D eigenvalue weighted by Crippen LogP contribution is -1.90. The van der Waals surface area contributed by atoms with Crippen molar-refractivity contribution in [2.24, 2.45) is 0 Å². The zero-order valence-corrected chi connectivity index (χ0v) is 20.1. The zero-order chi connectivity index (χ0) is 24.0. The Bertz CT molecular complexity index is 2070. The molecule has 1 aliphatic rings. The second kappa shape index (κ2) is 6.99. The molecule has 8 rings (SSSR count). The molecule has 2 nitrogen and oxygen atoms in total. The highest BCUT2D eigenvalue weighted by Crippen LogP contribution is 2.51. The van der Waals surface area contributed by atoms with Gasteiger partial charge in [-0.3, -0.25) is 9.97 Å². The van der Waals surface area contributed by atoms with Gasteiger partial charge in [-0.2, -0.15) is 0 Å². The monoisotopic (exact) mass is 458 g/mol. The number of rotatable bonds is 1. The summed E-state index contributed by atoms with van der Waals surface area (Å²) in [5.74, 6) is 0. The van der Waals surface area contributed by atoms with Crippen molar-refractivity contribution in [3.05, 3.63) is 108 Å². The maximum atomic E-state index is 4.83. The standard InChI is InChI=1S/C34H22N2/c1-19-9-11-23-27(14-19)26(22-15-21-6-3-4-8-31(21)36-18-22)16-29-24-12-10-20(2)32-25-7-5-13-35-34(25)30(33(24)32)17-28(23)29/h3-18H,1-2H3. The van der Waals surface area contributed by atoms with Crippen molar-refractivity contribution in [3.8, 4) is 33.5 Å². The normalized spacial score (nSPS) is 12.2. The molecular formula is C34H22N2.